The van der Waals surface area contributed by atoms with Gasteiger partial charge in [0, 0.05) is 17.1 Å². The van der Waals surface area contributed by atoms with Crippen molar-refractivity contribution in [2.24, 2.45) is 0 Å². The van der Waals surface area contributed by atoms with Crippen LogP contribution in [0, 0.1) is 0 Å². The first-order valence-corrected chi connectivity index (χ1v) is 6.70. The van der Waals surface area contributed by atoms with Crippen LogP contribution in [0.15, 0.2) is 24.3 Å². The molecule has 0 bridgehead atoms. The summed E-state index contributed by atoms with van der Waals surface area (Å²) in [5, 5.41) is 3.35. The summed E-state index contributed by atoms with van der Waals surface area (Å²) >= 11 is 5.84. The fraction of sp³-hybridized carbons (Fsp3) is 0.429. The molecule has 0 saturated heterocycles. The number of rotatable bonds is 7. The average molecular weight is 299 g/mol. The third-order valence-corrected chi connectivity index (χ3v) is 2.91. The maximum atomic E-state index is 11.8. The van der Waals surface area contributed by atoms with Crippen LogP contribution in [0.5, 0.6) is 0 Å². The molecule has 110 valence electrons. The average Bonchev–Trinajstić information content (AvgIpc) is 2.38. The lowest BCUT2D eigenvalue weighted by Crippen LogP contribution is -2.31. The van der Waals surface area contributed by atoms with Gasteiger partial charge in [0.25, 0.3) is 0 Å². The van der Waals surface area contributed by atoms with Gasteiger partial charge < -0.3 is 10.1 Å². The third-order valence-electron chi connectivity index (χ3n) is 2.67. The Labute approximate surface area is 123 Å². The molecule has 0 fully saturated rings. The Kier molecular flexibility index (Phi) is 7.04. The van der Waals surface area contributed by atoms with Crippen molar-refractivity contribution in [3.63, 3.8) is 0 Å². The van der Waals surface area contributed by atoms with Crippen molar-refractivity contribution in [2.75, 3.05) is 32.6 Å². The van der Waals surface area contributed by atoms with Crippen molar-refractivity contribution in [1.29, 1.82) is 0 Å². The van der Waals surface area contributed by atoms with Crippen LogP contribution in [0.4, 0.5) is 5.69 Å². The second-order valence-electron chi connectivity index (χ2n) is 4.48. The SMILES string of the molecule is COC(=O)CCCN(C)CC(=O)Nc1cccc(Cl)c1. The lowest BCUT2D eigenvalue weighted by molar-refractivity contribution is -0.140. The van der Waals surface area contributed by atoms with Crippen LogP contribution in [0.2, 0.25) is 5.02 Å². The lowest BCUT2D eigenvalue weighted by Gasteiger charge is -2.15. The van der Waals surface area contributed by atoms with Crippen molar-refractivity contribution >= 4 is 29.2 Å². The summed E-state index contributed by atoms with van der Waals surface area (Å²) in [5.74, 6) is -0.352. The third kappa shape index (κ3) is 6.54. The number of hydrogen-bond donors (Lipinski definition) is 1. The fourth-order valence-electron chi connectivity index (χ4n) is 1.69. The minimum absolute atomic E-state index is 0.118. The molecule has 0 aromatic heterocycles. The van der Waals surface area contributed by atoms with Crippen LogP contribution >= 0.6 is 11.6 Å². The quantitative estimate of drug-likeness (QED) is 0.784. The highest BCUT2D eigenvalue weighted by Gasteiger charge is 2.08. The molecule has 1 N–H and O–H groups in total. The van der Waals surface area contributed by atoms with Crippen molar-refractivity contribution in [3.8, 4) is 0 Å². The van der Waals surface area contributed by atoms with Gasteiger partial charge in [-0.1, -0.05) is 17.7 Å². The Morgan fingerprint density at radius 2 is 2.15 bits per heavy atom. The zero-order valence-corrected chi connectivity index (χ0v) is 12.4. The number of hydrogen-bond acceptors (Lipinski definition) is 4. The summed E-state index contributed by atoms with van der Waals surface area (Å²) in [4.78, 5) is 24.6. The van der Waals surface area contributed by atoms with Gasteiger partial charge in [-0.05, 0) is 38.2 Å². The highest BCUT2D eigenvalue weighted by atomic mass is 35.5. The standard InChI is InChI=1S/C14H19ClN2O3/c1-17(8-4-7-14(19)20-2)10-13(18)16-12-6-3-5-11(15)9-12/h3,5-6,9H,4,7-8,10H2,1-2H3,(H,16,18). The first-order valence-electron chi connectivity index (χ1n) is 6.32. The number of carbonyl (C=O) groups excluding carboxylic acids is 2. The zero-order chi connectivity index (χ0) is 15.0. The van der Waals surface area contributed by atoms with Gasteiger partial charge in [0.2, 0.25) is 5.91 Å². The van der Waals surface area contributed by atoms with Gasteiger partial charge in [-0.15, -0.1) is 0 Å². The number of anilines is 1. The van der Waals surface area contributed by atoms with Crippen molar-refractivity contribution in [2.45, 2.75) is 12.8 Å². The molecule has 0 aliphatic carbocycles. The number of nitrogens with one attached hydrogen (secondary N) is 1. The number of ether oxygens (including phenoxy) is 1. The molecule has 0 saturated carbocycles. The molecule has 0 spiro atoms. The monoisotopic (exact) mass is 298 g/mol. The topological polar surface area (TPSA) is 58.6 Å². The summed E-state index contributed by atoms with van der Waals surface area (Å²) < 4.78 is 4.55. The van der Waals surface area contributed by atoms with Crippen LogP contribution in [-0.2, 0) is 14.3 Å². The molecule has 20 heavy (non-hydrogen) atoms. The predicted octanol–water partition coefficient (Wildman–Crippen LogP) is 2.16. The molecular formula is C14H19ClN2O3. The minimum atomic E-state index is -0.234. The molecule has 1 aromatic rings. The fourth-order valence-corrected chi connectivity index (χ4v) is 1.88. The largest absolute Gasteiger partial charge is 0.469 e. The smallest absolute Gasteiger partial charge is 0.305 e. The molecule has 1 amide bonds. The number of esters is 1. The summed E-state index contributed by atoms with van der Waals surface area (Å²) in [7, 11) is 3.19. The molecular weight excluding hydrogens is 280 g/mol. The molecule has 5 nitrogen and oxygen atoms in total. The number of nitrogens with zero attached hydrogens (tertiary/aromatic N) is 1. The summed E-state index contributed by atoms with van der Waals surface area (Å²) in [5.41, 5.74) is 0.672. The van der Waals surface area contributed by atoms with E-state index in [0.29, 0.717) is 30.1 Å². The Hall–Kier alpha value is -1.59. The Morgan fingerprint density at radius 1 is 1.40 bits per heavy atom. The van der Waals surface area contributed by atoms with Crippen molar-refractivity contribution in [1.82, 2.24) is 4.90 Å². The van der Waals surface area contributed by atoms with Gasteiger partial charge >= 0.3 is 5.97 Å². The number of halogens is 1. The Bertz CT molecular complexity index is 465. The molecule has 0 aliphatic rings. The van der Waals surface area contributed by atoms with Gasteiger partial charge in [0.15, 0.2) is 0 Å². The highest BCUT2D eigenvalue weighted by molar-refractivity contribution is 6.30. The van der Waals surface area contributed by atoms with Crippen LogP contribution in [0.1, 0.15) is 12.8 Å². The maximum Gasteiger partial charge on any atom is 0.305 e. The normalized spacial score (nSPS) is 10.4. The summed E-state index contributed by atoms with van der Waals surface area (Å²) in [6.45, 7) is 0.908. The number of methoxy groups -OCH3 is 1. The molecule has 1 aromatic carbocycles. The van der Waals surface area contributed by atoms with E-state index in [1.807, 2.05) is 11.9 Å². The van der Waals surface area contributed by atoms with E-state index in [9.17, 15) is 9.59 Å². The highest BCUT2D eigenvalue weighted by Crippen LogP contribution is 2.14. The van der Waals surface area contributed by atoms with E-state index in [2.05, 4.69) is 10.1 Å². The Morgan fingerprint density at radius 3 is 2.80 bits per heavy atom. The summed E-state index contributed by atoms with van der Waals surface area (Å²) in [6.07, 6.45) is 1.02. The number of benzene rings is 1. The summed E-state index contributed by atoms with van der Waals surface area (Å²) in [6, 6.07) is 6.99. The first-order chi connectivity index (χ1) is 9.51. The van der Waals surface area contributed by atoms with Crippen molar-refractivity contribution in [3.05, 3.63) is 29.3 Å². The number of carbonyl (C=O) groups is 2. The first kappa shape index (κ1) is 16.5. The number of amides is 1. The molecule has 1 rings (SSSR count). The van der Waals surface area contributed by atoms with Crippen LogP contribution < -0.4 is 5.32 Å². The van der Waals surface area contributed by atoms with E-state index >= 15 is 0 Å². The van der Waals surface area contributed by atoms with Crippen LogP contribution in [0.25, 0.3) is 0 Å². The van der Waals surface area contributed by atoms with Crippen LogP contribution in [0.3, 0.4) is 0 Å². The van der Waals surface area contributed by atoms with Gasteiger partial charge in [0.1, 0.15) is 0 Å². The van der Waals surface area contributed by atoms with Gasteiger partial charge in [0.05, 0.1) is 13.7 Å². The lowest BCUT2D eigenvalue weighted by atomic mass is 10.3. The van der Waals surface area contributed by atoms with E-state index in [4.69, 9.17) is 11.6 Å². The molecule has 0 radical (unpaired) electrons. The van der Waals surface area contributed by atoms with Gasteiger partial charge in [-0.25, -0.2) is 0 Å². The van der Waals surface area contributed by atoms with Gasteiger partial charge in [-0.2, -0.15) is 0 Å². The number of likely N-dealkylation sites (N-methyl/N-ethyl adjacent to an activating group) is 1. The van der Waals surface area contributed by atoms with Crippen molar-refractivity contribution < 1.29 is 14.3 Å². The molecule has 0 heterocycles. The van der Waals surface area contributed by atoms with E-state index in [1.54, 1.807) is 24.3 Å². The van der Waals surface area contributed by atoms with Gasteiger partial charge in [-0.3, -0.25) is 14.5 Å². The van der Waals surface area contributed by atoms with E-state index in [1.165, 1.54) is 7.11 Å². The molecule has 0 atom stereocenters. The second-order valence-corrected chi connectivity index (χ2v) is 4.91. The minimum Gasteiger partial charge on any atom is -0.469 e. The molecule has 0 aliphatic heterocycles. The molecule has 6 heteroatoms. The van der Waals surface area contributed by atoms with E-state index in [-0.39, 0.29) is 18.4 Å². The predicted molar refractivity (Wildman–Crippen MR) is 78.8 cm³/mol. The van der Waals surface area contributed by atoms with E-state index < -0.39 is 0 Å². The van der Waals surface area contributed by atoms with E-state index in [0.717, 1.165) is 0 Å². The molecule has 0 unspecified atom stereocenters. The Balaban J connectivity index is 2.29. The maximum absolute atomic E-state index is 11.8. The van der Waals surface area contributed by atoms with Crippen LogP contribution in [-0.4, -0.2) is 44.0 Å². The zero-order valence-electron chi connectivity index (χ0n) is 11.7. The second kappa shape index (κ2) is 8.55.